The fraction of sp³-hybridized carbons (Fsp3) is 0.0909. The van der Waals surface area contributed by atoms with Crippen molar-refractivity contribution < 1.29 is 0 Å². The van der Waals surface area contributed by atoms with Crippen molar-refractivity contribution >= 4 is 44.1 Å². The van der Waals surface area contributed by atoms with Gasteiger partial charge in [0.15, 0.2) is 5.65 Å². The lowest BCUT2D eigenvalue weighted by atomic mass is 10.3. The standard InChI is InChI=1S/C11H7BrClN3/c1-6-5-16-9-3-10(13)14-4-7(9)2-8(12)11(16)15-6/h2-5H,1H3. The van der Waals surface area contributed by atoms with Crippen molar-refractivity contribution in [3.05, 3.63) is 39.8 Å². The van der Waals surface area contributed by atoms with E-state index in [9.17, 15) is 0 Å². The first kappa shape index (κ1) is 10.1. The molecular formula is C11H7BrClN3. The number of aryl methyl sites for hydroxylation is 1. The van der Waals surface area contributed by atoms with Crippen LogP contribution in [0.15, 0.2) is 29.0 Å². The number of hydrogen-bond donors (Lipinski definition) is 0. The van der Waals surface area contributed by atoms with Crippen molar-refractivity contribution in [3.63, 3.8) is 0 Å². The number of imidazole rings is 1. The van der Waals surface area contributed by atoms with Gasteiger partial charge in [-0.25, -0.2) is 9.97 Å². The highest BCUT2D eigenvalue weighted by atomic mass is 79.9. The van der Waals surface area contributed by atoms with Crippen LogP contribution < -0.4 is 0 Å². The minimum Gasteiger partial charge on any atom is -0.298 e. The fourth-order valence-electron chi connectivity index (χ4n) is 1.80. The molecule has 0 amide bonds. The molecule has 0 spiro atoms. The maximum Gasteiger partial charge on any atom is 0.151 e. The maximum absolute atomic E-state index is 5.91. The summed E-state index contributed by atoms with van der Waals surface area (Å²) < 4.78 is 2.97. The molecule has 0 fully saturated rings. The number of halogens is 2. The van der Waals surface area contributed by atoms with E-state index in [1.54, 1.807) is 6.20 Å². The number of hydrogen-bond acceptors (Lipinski definition) is 2. The van der Waals surface area contributed by atoms with E-state index in [0.717, 1.165) is 26.7 Å². The average molecular weight is 297 g/mol. The van der Waals surface area contributed by atoms with Gasteiger partial charge in [-0.15, -0.1) is 0 Å². The van der Waals surface area contributed by atoms with Crippen LogP contribution in [-0.4, -0.2) is 14.4 Å². The van der Waals surface area contributed by atoms with E-state index in [1.807, 2.05) is 29.7 Å². The van der Waals surface area contributed by atoms with E-state index in [-0.39, 0.29) is 0 Å². The summed E-state index contributed by atoms with van der Waals surface area (Å²) in [7, 11) is 0. The Labute approximate surface area is 105 Å². The molecule has 0 aromatic carbocycles. The Hall–Kier alpha value is -1.13. The quantitative estimate of drug-likeness (QED) is 0.593. The maximum atomic E-state index is 5.91. The Balaban J connectivity index is 2.59. The lowest BCUT2D eigenvalue weighted by Gasteiger charge is -2.03. The second-order valence-electron chi connectivity index (χ2n) is 3.63. The second kappa shape index (κ2) is 3.43. The van der Waals surface area contributed by atoms with Gasteiger partial charge >= 0.3 is 0 Å². The van der Waals surface area contributed by atoms with Crippen LogP contribution in [0, 0.1) is 6.92 Å². The number of nitrogens with zero attached hydrogens (tertiary/aromatic N) is 3. The Morgan fingerprint density at radius 2 is 2.19 bits per heavy atom. The molecule has 3 rings (SSSR count). The second-order valence-corrected chi connectivity index (χ2v) is 4.88. The van der Waals surface area contributed by atoms with E-state index in [4.69, 9.17) is 11.6 Å². The molecule has 3 heterocycles. The molecule has 0 saturated heterocycles. The molecule has 0 aliphatic rings. The minimum atomic E-state index is 0.488. The molecule has 80 valence electrons. The van der Waals surface area contributed by atoms with E-state index in [1.165, 1.54) is 0 Å². The first-order valence-electron chi connectivity index (χ1n) is 4.74. The Morgan fingerprint density at radius 3 is 3.00 bits per heavy atom. The molecule has 16 heavy (non-hydrogen) atoms. The summed E-state index contributed by atoms with van der Waals surface area (Å²) >= 11 is 9.41. The van der Waals surface area contributed by atoms with Crippen molar-refractivity contribution in [1.82, 2.24) is 14.4 Å². The van der Waals surface area contributed by atoms with Gasteiger partial charge in [-0.2, -0.15) is 0 Å². The SMILES string of the molecule is Cc1cn2c(n1)c(Br)cc1cnc(Cl)cc12. The minimum absolute atomic E-state index is 0.488. The molecule has 0 saturated carbocycles. The molecule has 0 atom stereocenters. The molecule has 5 heteroatoms. The summed E-state index contributed by atoms with van der Waals surface area (Å²) in [4.78, 5) is 8.52. The van der Waals surface area contributed by atoms with Crippen LogP contribution in [0.5, 0.6) is 0 Å². The third-order valence-corrected chi connectivity index (χ3v) is 3.25. The van der Waals surface area contributed by atoms with Gasteiger partial charge in [-0.05, 0) is 28.9 Å². The zero-order valence-corrected chi connectivity index (χ0v) is 10.7. The van der Waals surface area contributed by atoms with Crippen molar-refractivity contribution in [2.75, 3.05) is 0 Å². The van der Waals surface area contributed by atoms with Crippen LogP contribution in [0.2, 0.25) is 5.15 Å². The van der Waals surface area contributed by atoms with Gasteiger partial charge in [0.2, 0.25) is 0 Å². The Kier molecular flexibility index (Phi) is 2.16. The largest absolute Gasteiger partial charge is 0.298 e. The van der Waals surface area contributed by atoms with Crippen LogP contribution in [0.25, 0.3) is 16.6 Å². The van der Waals surface area contributed by atoms with Gasteiger partial charge in [0.1, 0.15) is 5.15 Å². The van der Waals surface area contributed by atoms with Gasteiger partial charge in [-0.3, -0.25) is 4.40 Å². The molecule has 0 unspecified atom stereocenters. The monoisotopic (exact) mass is 295 g/mol. The van der Waals surface area contributed by atoms with Gasteiger partial charge in [-0.1, -0.05) is 11.6 Å². The van der Waals surface area contributed by atoms with Gasteiger partial charge in [0.25, 0.3) is 0 Å². The van der Waals surface area contributed by atoms with Crippen LogP contribution in [0.4, 0.5) is 0 Å². The van der Waals surface area contributed by atoms with Crippen molar-refractivity contribution in [2.24, 2.45) is 0 Å². The molecule has 3 aromatic heterocycles. The first-order chi connectivity index (χ1) is 7.65. The van der Waals surface area contributed by atoms with E-state index in [0.29, 0.717) is 5.15 Å². The summed E-state index contributed by atoms with van der Waals surface area (Å²) in [5.41, 5.74) is 2.88. The molecule has 3 aromatic rings. The van der Waals surface area contributed by atoms with E-state index in [2.05, 4.69) is 25.9 Å². The van der Waals surface area contributed by atoms with E-state index >= 15 is 0 Å². The Morgan fingerprint density at radius 1 is 1.38 bits per heavy atom. The third-order valence-electron chi connectivity index (χ3n) is 2.46. The summed E-state index contributed by atoms with van der Waals surface area (Å²) in [5.74, 6) is 0. The Bertz CT molecular complexity index is 705. The molecule has 0 radical (unpaired) electrons. The van der Waals surface area contributed by atoms with Crippen LogP contribution >= 0.6 is 27.5 Å². The number of pyridine rings is 2. The topological polar surface area (TPSA) is 30.2 Å². The van der Waals surface area contributed by atoms with Crippen molar-refractivity contribution in [3.8, 4) is 0 Å². The highest BCUT2D eigenvalue weighted by molar-refractivity contribution is 9.10. The summed E-state index contributed by atoms with van der Waals surface area (Å²) in [6, 6.07) is 3.85. The third kappa shape index (κ3) is 1.41. The fourth-order valence-corrected chi connectivity index (χ4v) is 2.48. The summed E-state index contributed by atoms with van der Waals surface area (Å²) in [5, 5.41) is 1.52. The predicted molar refractivity (Wildman–Crippen MR) is 67.9 cm³/mol. The molecule has 0 aliphatic heterocycles. The van der Waals surface area contributed by atoms with E-state index < -0.39 is 0 Å². The smallest absolute Gasteiger partial charge is 0.151 e. The van der Waals surface area contributed by atoms with Gasteiger partial charge in [0, 0.05) is 23.8 Å². The normalized spacial score (nSPS) is 11.4. The molecule has 0 aliphatic carbocycles. The first-order valence-corrected chi connectivity index (χ1v) is 5.92. The average Bonchev–Trinajstić information content (AvgIpc) is 2.62. The molecule has 0 bridgehead atoms. The van der Waals surface area contributed by atoms with Crippen LogP contribution in [-0.2, 0) is 0 Å². The summed E-state index contributed by atoms with van der Waals surface area (Å²) in [6.45, 7) is 1.97. The summed E-state index contributed by atoms with van der Waals surface area (Å²) in [6.07, 6.45) is 3.75. The van der Waals surface area contributed by atoms with Crippen molar-refractivity contribution in [2.45, 2.75) is 6.92 Å². The van der Waals surface area contributed by atoms with Crippen LogP contribution in [0.3, 0.4) is 0 Å². The zero-order chi connectivity index (χ0) is 11.3. The lowest BCUT2D eigenvalue weighted by molar-refractivity contribution is 1.23. The van der Waals surface area contributed by atoms with Crippen LogP contribution in [0.1, 0.15) is 5.69 Å². The number of fused-ring (bicyclic) bond motifs is 3. The lowest BCUT2D eigenvalue weighted by Crippen LogP contribution is -1.89. The number of aromatic nitrogens is 3. The predicted octanol–water partition coefficient (Wildman–Crippen LogP) is 3.61. The molecule has 0 N–H and O–H groups in total. The zero-order valence-electron chi connectivity index (χ0n) is 8.41. The van der Waals surface area contributed by atoms with Gasteiger partial charge in [0.05, 0.1) is 15.7 Å². The highest BCUT2D eigenvalue weighted by Gasteiger charge is 2.07. The van der Waals surface area contributed by atoms with Crippen molar-refractivity contribution in [1.29, 1.82) is 0 Å². The highest BCUT2D eigenvalue weighted by Crippen LogP contribution is 2.26. The molecule has 3 nitrogen and oxygen atoms in total. The molecular weight excluding hydrogens is 289 g/mol. The van der Waals surface area contributed by atoms with Gasteiger partial charge < -0.3 is 0 Å². The number of rotatable bonds is 0.